The Kier molecular flexibility index (Phi) is 12.4. The number of aliphatic hydroxyl groups excluding tert-OH is 1. The van der Waals surface area contributed by atoms with Crippen LogP contribution >= 0.6 is 0 Å². The molecule has 0 aliphatic heterocycles. The van der Waals surface area contributed by atoms with Gasteiger partial charge >= 0.3 is 12.2 Å². The third-order valence-corrected chi connectivity index (χ3v) is 8.40. The van der Waals surface area contributed by atoms with Gasteiger partial charge < -0.3 is 25.1 Å². The molecule has 0 aliphatic rings. The smallest absolute Gasteiger partial charge is 0.411 e. The molecule has 0 fully saturated rings. The quantitative estimate of drug-likeness (QED) is 0.0886. The fourth-order valence-corrected chi connectivity index (χ4v) is 5.77. The van der Waals surface area contributed by atoms with Crippen molar-refractivity contribution in [1.82, 2.24) is 4.90 Å². The number of nitrogens with zero attached hydrogens (tertiary/aromatic N) is 1. The van der Waals surface area contributed by atoms with Crippen LogP contribution in [0.15, 0.2) is 127 Å². The number of hydrogen-bond donors (Lipinski definition) is 4. The van der Waals surface area contributed by atoms with Crippen molar-refractivity contribution < 1.29 is 28.9 Å². The molecule has 1 atom stereocenters. The molecule has 0 bridgehead atoms. The third kappa shape index (κ3) is 9.62. The molecule has 5 aromatic rings. The van der Waals surface area contributed by atoms with Crippen LogP contribution in [-0.4, -0.2) is 49.6 Å². The number of hydrogen-bond acceptors (Lipinski definition) is 8. The van der Waals surface area contributed by atoms with Crippen LogP contribution < -0.4 is 21.1 Å². The highest BCUT2D eigenvalue weighted by molar-refractivity contribution is 5.85. The number of amides is 2. The number of carbonyl (C=O) groups is 2. The standard InChI is InChI=1S/C40H42N4O6/c1-48-39(46)42-33-18-13-30(14-19-33)35(31-15-20-34(21-16-31)43-40(47)49-2)25-44(24-28-9-5-3-6-10-28)37(26-45)32-17-22-38(36(41)23-32)50-27-29-11-7-4-8-12-29/h3-23,35,37,45H,24-27,41H2,1-2H3,(H,42,46)(H,43,47)/t37-/m0/s1. The van der Waals surface area contributed by atoms with Gasteiger partial charge in [-0.15, -0.1) is 0 Å². The molecule has 2 amide bonds. The molecule has 0 radical (unpaired) electrons. The Bertz CT molecular complexity index is 1760. The van der Waals surface area contributed by atoms with E-state index in [-0.39, 0.29) is 12.5 Å². The second-order valence-corrected chi connectivity index (χ2v) is 11.7. The molecule has 0 saturated heterocycles. The van der Waals surface area contributed by atoms with Crippen molar-refractivity contribution in [2.24, 2.45) is 0 Å². The van der Waals surface area contributed by atoms with Gasteiger partial charge in [0.1, 0.15) is 12.4 Å². The molecule has 10 nitrogen and oxygen atoms in total. The van der Waals surface area contributed by atoms with Crippen molar-refractivity contribution in [2.45, 2.75) is 25.1 Å². The molecule has 258 valence electrons. The van der Waals surface area contributed by atoms with Crippen molar-refractivity contribution in [2.75, 3.05) is 43.7 Å². The maximum atomic E-state index is 11.8. The number of rotatable bonds is 14. The Hall–Kier alpha value is -5.84. The first kappa shape index (κ1) is 35.5. The zero-order valence-corrected chi connectivity index (χ0v) is 28.1. The van der Waals surface area contributed by atoms with E-state index in [9.17, 15) is 14.7 Å². The number of methoxy groups -OCH3 is 2. The summed E-state index contributed by atoms with van der Waals surface area (Å²) in [6, 6.07) is 40.4. The molecule has 5 rings (SSSR count). The predicted molar refractivity (Wildman–Crippen MR) is 195 cm³/mol. The largest absolute Gasteiger partial charge is 0.487 e. The number of aliphatic hydroxyl groups is 1. The minimum atomic E-state index is -0.557. The lowest BCUT2D eigenvalue weighted by Gasteiger charge is -2.35. The molecular weight excluding hydrogens is 632 g/mol. The molecule has 5 N–H and O–H groups in total. The first-order valence-corrected chi connectivity index (χ1v) is 16.2. The topological polar surface area (TPSA) is 135 Å². The summed E-state index contributed by atoms with van der Waals surface area (Å²) in [6.45, 7) is 1.27. The van der Waals surface area contributed by atoms with Crippen LogP contribution in [0.5, 0.6) is 5.75 Å². The Morgan fingerprint density at radius 3 is 1.68 bits per heavy atom. The first-order valence-electron chi connectivity index (χ1n) is 16.2. The SMILES string of the molecule is COC(=O)Nc1ccc(C(CN(Cc2ccccc2)[C@@H](CO)c2ccc(OCc3ccccc3)c(N)c2)c2ccc(NC(=O)OC)cc2)cc1. The fraction of sp³-hybridized carbons (Fsp3) is 0.200. The lowest BCUT2D eigenvalue weighted by Crippen LogP contribution is -2.35. The van der Waals surface area contributed by atoms with Gasteiger partial charge in [-0.25, -0.2) is 9.59 Å². The molecular formula is C40H42N4O6. The van der Waals surface area contributed by atoms with Gasteiger partial charge in [-0.1, -0.05) is 91.0 Å². The lowest BCUT2D eigenvalue weighted by atomic mass is 9.89. The minimum Gasteiger partial charge on any atom is -0.487 e. The van der Waals surface area contributed by atoms with E-state index < -0.39 is 18.2 Å². The van der Waals surface area contributed by atoms with Crippen molar-refractivity contribution in [3.8, 4) is 5.75 Å². The Balaban J connectivity index is 1.48. The second kappa shape index (κ2) is 17.5. The Morgan fingerprint density at radius 1 is 0.700 bits per heavy atom. The van der Waals surface area contributed by atoms with Gasteiger partial charge in [-0.05, 0) is 64.2 Å². The van der Waals surface area contributed by atoms with E-state index in [0.717, 1.165) is 27.8 Å². The molecule has 0 aliphatic carbocycles. The van der Waals surface area contributed by atoms with Crippen molar-refractivity contribution >= 4 is 29.2 Å². The van der Waals surface area contributed by atoms with E-state index in [2.05, 4.69) is 27.7 Å². The number of ether oxygens (including phenoxy) is 3. The van der Waals surface area contributed by atoms with Crippen LogP contribution in [0, 0.1) is 0 Å². The number of nitrogen functional groups attached to an aromatic ring is 1. The van der Waals surface area contributed by atoms with Crippen molar-refractivity contribution in [3.63, 3.8) is 0 Å². The van der Waals surface area contributed by atoms with Crippen LogP contribution in [0.25, 0.3) is 0 Å². The number of benzene rings is 5. The van der Waals surface area contributed by atoms with E-state index in [1.54, 1.807) is 0 Å². The highest BCUT2D eigenvalue weighted by Crippen LogP contribution is 2.34. The predicted octanol–water partition coefficient (Wildman–Crippen LogP) is 7.57. The average molecular weight is 675 g/mol. The number of nitrogens with two attached hydrogens (primary N) is 1. The van der Waals surface area contributed by atoms with Gasteiger partial charge in [-0.2, -0.15) is 0 Å². The second-order valence-electron chi connectivity index (χ2n) is 11.7. The van der Waals surface area contributed by atoms with E-state index in [4.69, 9.17) is 19.9 Å². The average Bonchev–Trinajstić information content (AvgIpc) is 3.15. The highest BCUT2D eigenvalue weighted by Gasteiger charge is 2.26. The highest BCUT2D eigenvalue weighted by atomic mass is 16.5. The van der Waals surface area contributed by atoms with E-state index in [1.807, 2.05) is 115 Å². The molecule has 0 heterocycles. The molecule has 0 aromatic heterocycles. The molecule has 50 heavy (non-hydrogen) atoms. The molecule has 10 heteroatoms. The van der Waals surface area contributed by atoms with Gasteiger partial charge in [-0.3, -0.25) is 15.5 Å². The van der Waals surface area contributed by atoms with Crippen LogP contribution in [0.3, 0.4) is 0 Å². The van der Waals surface area contributed by atoms with Crippen LogP contribution in [-0.2, 0) is 22.6 Å². The maximum Gasteiger partial charge on any atom is 0.411 e. The first-order chi connectivity index (χ1) is 24.4. The fourth-order valence-electron chi connectivity index (χ4n) is 5.77. The summed E-state index contributed by atoms with van der Waals surface area (Å²) in [5, 5.41) is 16.4. The summed E-state index contributed by atoms with van der Waals surface area (Å²) in [6.07, 6.45) is -1.11. The van der Waals surface area contributed by atoms with Crippen LogP contribution in [0.4, 0.5) is 26.7 Å². The van der Waals surface area contributed by atoms with Gasteiger partial charge in [0, 0.05) is 30.4 Å². The summed E-state index contributed by atoms with van der Waals surface area (Å²) in [5.74, 6) is 0.390. The molecule has 0 saturated carbocycles. The van der Waals surface area contributed by atoms with E-state index in [0.29, 0.717) is 42.5 Å². The normalized spacial score (nSPS) is 11.5. The monoisotopic (exact) mass is 674 g/mol. The number of carbonyl (C=O) groups excluding carboxylic acids is 2. The molecule has 0 unspecified atom stereocenters. The zero-order valence-electron chi connectivity index (χ0n) is 28.1. The Morgan fingerprint density at radius 2 is 1.20 bits per heavy atom. The summed E-state index contributed by atoms with van der Waals surface area (Å²) in [4.78, 5) is 25.9. The van der Waals surface area contributed by atoms with Gasteiger partial charge in [0.05, 0.1) is 32.6 Å². The van der Waals surface area contributed by atoms with E-state index >= 15 is 0 Å². The van der Waals surface area contributed by atoms with Crippen LogP contribution in [0.2, 0.25) is 0 Å². The zero-order chi connectivity index (χ0) is 35.3. The minimum absolute atomic E-state index is 0.160. The number of anilines is 3. The van der Waals surface area contributed by atoms with Crippen molar-refractivity contribution in [1.29, 1.82) is 0 Å². The number of nitrogens with one attached hydrogen (secondary N) is 2. The summed E-state index contributed by atoms with van der Waals surface area (Å²) in [5.41, 5.74) is 13.1. The van der Waals surface area contributed by atoms with Crippen LogP contribution in [0.1, 0.15) is 39.8 Å². The summed E-state index contributed by atoms with van der Waals surface area (Å²) < 4.78 is 15.5. The summed E-state index contributed by atoms with van der Waals surface area (Å²) >= 11 is 0. The van der Waals surface area contributed by atoms with Gasteiger partial charge in [0.25, 0.3) is 0 Å². The van der Waals surface area contributed by atoms with Gasteiger partial charge in [0.15, 0.2) is 0 Å². The maximum absolute atomic E-state index is 11.8. The summed E-state index contributed by atoms with van der Waals surface area (Å²) in [7, 11) is 2.63. The lowest BCUT2D eigenvalue weighted by molar-refractivity contribution is 0.113. The third-order valence-electron chi connectivity index (χ3n) is 8.40. The van der Waals surface area contributed by atoms with Crippen molar-refractivity contribution in [3.05, 3.63) is 155 Å². The Labute approximate surface area is 292 Å². The molecule has 5 aromatic carbocycles. The molecule has 0 spiro atoms. The van der Waals surface area contributed by atoms with E-state index in [1.165, 1.54) is 14.2 Å². The van der Waals surface area contributed by atoms with Gasteiger partial charge in [0.2, 0.25) is 0 Å².